The Morgan fingerprint density at radius 3 is 2.35 bits per heavy atom. The summed E-state index contributed by atoms with van der Waals surface area (Å²) in [6.07, 6.45) is -2.52. The SMILES string of the molecule is Cl.FC(F)C[C@H](c1ccc(Cl)c(Cl)c1)N1CCNCC1. The molecule has 1 aliphatic rings. The molecule has 0 aliphatic carbocycles. The quantitative estimate of drug-likeness (QED) is 0.887. The van der Waals surface area contributed by atoms with E-state index in [1.54, 1.807) is 18.2 Å². The molecule has 0 spiro atoms. The minimum Gasteiger partial charge on any atom is -0.314 e. The number of hydrogen-bond donors (Lipinski definition) is 1. The molecule has 20 heavy (non-hydrogen) atoms. The van der Waals surface area contributed by atoms with Crippen LogP contribution < -0.4 is 5.32 Å². The second kappa shape index (κ2) is 8.35. The molecule has 2 rings (SSSR count). The van der Waals surface area contributed by atoms with E-state index >= 15 is 0 Å². The maximum absolute atomic E-state index is 12.8. The van der Waals surface area contributed by atoms with Gasteiger partial charge >= 0.3 is 0 Å². The molecule has 0 saturated carbocycles. The first-order valence-corrected chi connectivity index (χ1v) is 7.01. The second-order valence-corrected chi connectivity index (χ2v) is 5.42. The normalized spacial score (nSPS) is 17.9. The van der Waals surface area contributed by atoms with Crippen molar-refractivity contribution in [1.29, 1.82) is 0 Å². The van der Waals surface area contributed by atoms with Gasteiger partial charge in [0, 0.05) is 38.6 Å². The molecular formula is C13H17Cl3F2N2. The monoisotopic (exact) mass is 344 g/mol. The van der Waals surface area contributed by atoms with Crippen LogP contribution in [0.5, 0.6) is 0 Å². The van der Waals surface area contributed by atoms with E-state index in [-0.39, 0.29) is 24.9 Å². The zero-order chi connectivity index (χ0) is 13.8. The standard InChI is InChI=1S/C13H16Cl2F2N2.ClH/c14-10-2-1-9(7-11(10)15)12(8-13(16)17)19-5-3-18-4-6-19;/h1-2,7,12-13,18H,3-6,8H2;1H/t12-;/m1./s1. The van der Waals surface area contributed by atoms with Crippen molar-refractivity contribution in [3.63, 3.8) is 0 Å². The van der Waals surface area contributed by atoms with E-state index in [0.29, 0.717) is 10.0 Å². The Morgan fingerprint density at radius 1 is 1.15 bits per heavy atom. The van der Waals surface area contributed by atoms with E-state index < -0.39 is 6.43 Å². The molecule has 1 fully saturated rings. The summed E-state index contributed by atoms with van der Waals surface area (Å²) in [6.45, 7) is 3.16. The highest BCUT2D eigenvalue weighted by Gasteiger charge is 2.25. The van der Waals surface area contributed by atoms with Gasteiger partial charge in [0.1, 0.15) is 0 Å². The Hall–Kier alpha value is -0.130. The molecule has 1 N–H and O–H groups in total. The summed E-state index contributed by atoms with van der Waals surface area (Å²) in [4.78, 5) is 2.07. The first-order valence-electron chi connectivity index (χ1n) is 6.26. The first-order chi connectivity index (χ1) is 9.08. The molecule has 7 heteroatoms. The van der Waals surface area contributed by atoms with Crippen LogP contribution in [0.3, 0.4) is 0 Å². The molecule has 2 nitrogen and oxygen atoms in total. The van der Waals surface area contributed by atoms with Crippen LogP contribution >= 0.6 is 35.6 Å². The Kier molecular flexibility index (Phi) is 7.48. The topological polar surface area (TPSA) is 15.3 Å². The third kappa shape index (κ3) is 4.71. The van der Waals surface area contributed by atoms with Gasteiger partial charge in [-0.3, -0.25) is 4.90 Å². The minimum atomic E-state index is -2.34. The van der Waals surface area contributed by atoms with Gasteiger partial charge in [-0.25, -0.2) is 8.78 Å². The number of halogens is 5. The Balaban J connectivity index is 0.00000200. The Labute approximate surface area is 133 Å². The van der Waals surface area contributed by atoms with Crippen LogP contribution in [0.15, 0.2) is 18.2 Å². The van der Waals surface area contributed by atoms with E-state index in [9.17, 15) is 8.78 Å². The van der Waals surface area contributed by atoms with Crippen LogP contribution in [0.1, 0.15) is 18.0 Å². The zero-order valence-electron chi connectivity index (χ0n) is 10.8. The number of alkyl halides is 2. The lowest BCUT2D eigenvalue weighted by atomic mass is 10.0. The van der Waals surface area contributed by atoms with Gasteiger partial charge in [0.2, 0.25) is 6.43 Å². The molecule has 0 radical (unpaired) electrons. The van der Waals surface area contributed by atoms with Crippen molar-refractivity contribution in [3.05, 3.63) is 33.8 Å². The molecule has 0 unspecified atom stereocenters. The van der Waals surface area contributed by atoms with Crippen LogP contribution in [-0.4, -0.2) is 37.5 Å². The summed E-state index contributed by atoms with van der Waals surface area (Å²) in [7, 11) is 0. The first kappa shape index (κ1) is 17.9. The third-order valence-corrected chi connectivity index (χ3v) is 4.06. The predicted molar refractivity (Wildman–Crippen MR) is 81.5 cm³/mol. The Bertz CT molecular complexity index is 426. The summed E-state index contributed by atoms with van der Waals surface area (Å²) in [5.74, 6) is 0. The fourth-order valence-electron chi connectivity index (χ4n) is 2.38. The molecule has 1 atom stereocenters. The van der Waals surface area contributed by atoms with Gasteiger partial charge in [-0.2, -0.15) is 0 Å². The lowest BCUT2D eigenvalue weighted by Gasteiger charge is -2.35. The van der Waals surface area contributed by atoms with Crippen molar-refractivity contribution >= 4 is 35.6 Å². The molecule has 114 valence electrons. The molecule has 1 aromatic rings. The van der Waals surface area contributed by atoms with Crippen LogP contribution in [0, 0.1) is 0 Å². The predicted octanol–water partition coefficient (Wildman–Crippen LogP) is 4.02. The Morgan fingerprint density at radius 2 is 1.80 bits per heavy atom. The number of rotatable bonds is 4. The maximum Gasteiger partial charge on any atom is 0.240 e. The van der Waals surface area contributed by atoms with E-state index in [0.717, 1.165) is 31.7 Å². The van der Waals surface area contributed by atoms with Crippen LogP contribution in [-0.2, 0) is 0 Å². The molecule has 0 bridgehead atoms. The van der Waals surface area contributed by atoms with Crippen molar-refractivity contribution in [2.75, 3.05) is 26.2 Å². The van der Waals surface area contributed by atoms with Gasteiger partial charge in [0.25, 0.3) is 0 Å². The lowest BCUT2D eigenvalue weighted by molar-refractivity contribution is 0.0739. The molecule has 1 aliphatic heterocycles. The molecule has 1 heterocycles. The number of nitrogens with one attached hydrogen (secondary N) is 1. The summed E-state index contributed by atoms with van der Waals surface area (Å²) >= 11 is 11.9. The largest absolute Gasteiger partial charge is 0.314 e. The zero-order valence-corrected chi connectivity index (χ0v) is 13.1. The number of nitrogens with zero attached hydrogens (tertiary/aromatic N) is 1. The van der Waals surface area contributed by atoms with E-state index in [4.69, 9.17) is 23.2 Å². The fraction of sp³-hybridized carbons (Fsp3) is 0.538. The summed E-state index contributed by atoms with van der Waals surface area (Å²) in [5, 5.41) is 4.08. The summed E-state index contributed by atoms with van der Waals surface area (Å²) in [6, 6.07) is 4.83. The van der Waals surface area contributed by atoms with Crippen molar-refractivity contribution in [3.8, 4) is 0 Å². The van der Waals surface area contributed by atoms with Gasteiger partial charge < -0.3 is 5.32 Å². The highest BCUT2D eigenvalue weighted by Crippen LogP contribution is 2.32. The van der Waals surface area contributed by atoms with Crippen LogP contribution in [0.2, 0.25) is 10.0 Å². The molecule has 1 aromatic carbocycles. The summed E-state index contributed by atoms with van der Waals surface area (Å²) in [5.41, 5.74) is 0.802. The average molecular weight is 346 g/mol. The van der Waals surface area contributed by atoms with Crippen molar-refractivity contribution in [1.82, 2.24) is 10.2 Å². The maximum atomic E-state index is 12.8. The highest BCUT2D eigenvalue weighted by atomic mass is 35.5. The molecular weight excluding hydrogens is 329 g/mol. The smallest absolute Gasteiger partial charge is 0.240 e. The van der Waals surface area contributed by atoms with E-state index in [1.807, 2.05) is 0 Å². The third-order valence-electron chi connectivity index (χ3n) is 3.32. The number of piperazine rings is 1. The second-order valence-electron chi connectivity index (χ2n) is 4.60. The number of benzene rings is 1. The van der Waals surface area contributed by atoms with E-state index in [2.05, 4.69) is 10.2 Å². The van der Waals surface area contributed by atoms with Gasteiger partial charge in [-0.15, -0.1) is 12.4 Å². The van der Waals surface area contributed by atoms with Gasteiger partial charge in [-0.05, 0) is 17.7 Å². The molecule has 1 saturated heterocycles. The van der Waals surface area contributed by atoms with Gasteiger partial charge in [0.05, 0.1) is 10.0 Å². The van der Waals surface area contributed by atoms with Crippen LogP contribution in [0.4, 0.5) is 8.78 Å². The summed E-state index contributed by atoms with van der Waals surface area (Å²) < 4.78 is 25.6. The van der Waals surface area contributed by atoms with Crippen molar-refractivity contribution in [2.24, 2.45) is 0 Å². The molecule has 0 amide bonds. The van der Waals surface area contributed by atoms with E-state index in [1.165, 1.54) is 0 Å². The van der Waals surface area contributed by atoms with Crippen molar-refractivity contribution in [2.45, 2.75) is 18.9 Å². The molecule has 0 aromatic heterocycles. The van der Waals surface area contributed by atoms with Crippen LogP contribution in [0.25, 0.3) is 0 Å². The average Bonchev–Trinajstić information content (AvgIpc) is 2.40. The van der Waals surface area contributed by atoms with Gasteiger partial charge in [0.15, 0.2) is 0 Å². The lowest BCUT2D eigenvalue weighted by Crippen LogP contribution is -2.45. The fourth-order valence-corrected chi connectivity index (χ4v) is 2.68. The minimum absolute atomic E-state index is 0. The highest BCUT2D eigenvalue weighted by molar-refractivity contribution is 6.42. The number of hydrogen-bond acceptors (Lipinski definition) is 2. The van der Waals surface area contributed by atoms with Crippen molar-refractivity contribution < 1.29 is 8.78 Å². The van der Waals surface area contributed by atoms with Gasteiger partial charge in [-0.1, -0.05) is 29.3 Å².